The number of fused-ring (bicyclic) bond motifs is 2. The lowest BCUT2D eigenvalue weighted by Gasteiger charge is -2.39. The zero-order valence-corrected chi connectivity index (χ0v) is 28.2. The molecule has 0 radical (unpaired) electrons. The molecule has 3 aromatic rings. The maximum absolute atomic E-state index is 14.9. The SMILES string of the molecule is C=CCN(Cn1nnc2ccccc21)C(=O)C1N([C@@H](CC)CO)C(=O)[C@@H]2[C@H](C(=O)N(CC=C)Cc3ccccc3)[C@H]3SC12CC3Br. The van der Waals surface area contributed by atoms with Crippen LogP contribution in [0.3, 0.4) is 0 Å². The quantitative estimate of drug-likeness (QED) is 0.212. The fourth-order valence-corrected chi connectivity index (χ4v) is 11.2. The summed E-state index contributed by atoms with van der Waals surface area (Å²) in [6.45, 7) is 10.5. The van der Waals surface area contributed by atoms with Crippen molar-refractivity contribution in [3.05, 3.63) is 85.5 Å². The second-order valence-corrected chi connectivity index (χ2v) is 14.9. The molecular weight excluding hydrogens is 668 g/mol. The van der Waals surface area contributed by atoms with Crippen molar-refractivity contribution in [3.63, 3.8) is 0 Å². The molecule has 0 saturated carbocycles. The van der Waals surface area contributed by atoms with Gasteiger partial charge >= 0.3 is 0 Å². The van der Waals surface area contributed by atoms with E-state index < -0.39 is 28.7 Å². The highest BCUT2D eigenvalue weighted by atomic mass is 79.9. The van der Waals surface area contributed by atoms with Crippen molar-refractivity contribution in [3.8, 4) is 0 Å². The molecule has 12 heteroatoms. The molecule has 0 aliphatic carbocycles. The number of carbonyl (C=O) groups is 3. The predicted molar refractivity (Wildman–Crippen MR) is 182 cm³/mol. The molecule has 3 unspecified atom stereocenters. The highest BCUT2D eigenvalue weighted by Gasteiger charge is 2.76. The number of nitrogens with zero attached hydrogens (tertiary/aromatic N) is 6. The molecular formula is C34H39BrN6O4S. The van der Waals surface area contributed by atoms with Crippen molar-refractivity contribution in [2.24, 2.45) is 11.8 Å². The summed E-state index contributed by atoms with van der Waals surface area (Å²) in [4.78, 5) is 49.0. The summed E-state index contributed by atoms with van der Waals surface area (Å²) >= 11 is 5.46. The Morgan fingerprint density at radius 3 is 2.50 bits per heavy atom. The Labute approximate surface area is 281 Å². The number of hydrogen-bond donors (Lipinski definition) is 1. The lowest BCUT2D eigenvalue weighted by Crippen LogP contribution is -2.58. The van der Waals surface area contributed by atoms with E-state index >= 15 is 0 Å². The Morgan fingerprint density at radius 1 is 1.11 bits per heavy atom. The predicted octanol–water partition coefficient (Wildman–Crippen LogP) is 3.85. The molecule has 1 N–H and O–H groups in total. The maximum Gasteiger partial charge on any atom is 0.248 e. The van der Waals surface area contributed by atoms with Crippen LogP contribution in [-0.4, -0.2) is 99.1 Å². The number of rotatable bonds is 13. The standard InChI is InChI=1S/C34H39BrN6O4S/c1-4-16-38(19-22-12-8-7-9-13-22)31(43)27-28-32(44)41(23(6-3)20-42)30(34(28)18-24(35)29(27)46-34)33(45)39(17-5-2)21-40-26-15-11-10-14-25(26)36-37-40/h4-5,7-15,23-24,27-30,42H,1-2,6,16-21H2,3H3/t23-,24?,27-,28-,29-,30?,34?/m0/s1. The number of aliphatic hydroxyl groups is 1. The number of alkyl halides is 1. The van der Waals surface area contributed by atoms with E-state index in [1.807, 2.05) is 61.5 Å². The monoisotopic (exact) mass is 706 g/mol. The highest BCUT2D eigenvalue weighted by Crippen LogP contribution is 2.68. The van der Waals surface area contributed by atoms with Crippen LogP contribution in [0.1, 0.15) is 25.3 Å². The van der Waals surface area contributed by atoms with Gasteiger partial charge in [-0.05, 0) is 30.5 Å². The average Bonchev–Trinajstić information content (AvgIpc) is 3.78. The van der Waals surface area contributed by atoms with Gasteiger partial charge in [-0.25, -0.2) is 4.68 Å². The molecule has 3 fully saturated rings. The van der Waals surface area contributed by atoms with Crippen LogP contribution in [0.15, 0.2) is 79.9 Å². The number of likely N-dealkylation sites (tertiary alicyclic amines) is 1. The molecule has 1 spiro atoms. The van der Waals surface area contributed by atoms with Gasteiger partial charge in [0, 0.05) is 29.7 Å². The van der Waals surface area contributed by atoms with Gasteiger partial charge < -0.3 is 19.8 Å². The second-order valence-electron chi connectivity index (χ2n) is 12.2. The summed E-state index contributed by atoms with van der Waals surface area (Å²) < 4.78 is 0.818. The second kappa shape index (κ2) is 13.3. The topological polar surface area (TPSA) is 112 Å². The van der Waals surface area contributed by atoms with E-state index in [-0.39, 0.29) is 47.6 Å². The third-order valence-corrected chi connectivity index (χ3v) is 12.8. The van der Waals surface area contributed by atoms with Gasteiger partial charge in [0.05, 0.1) is 34.7 Å². The zero-order valence-electron chi connectivity index (χ0n) is 25.8. The minimum Gasteiger partial charge on any atom is -0.394 e. The van der Waals surface area contributed by atoms with Crippen molar-refractivity contribution in [1.82, 2.24) is 29.7 Å². The van der Waals surface area contributed by atoms with Crippen LogP contribution >= 0.6 is 27.7 Å². The number of aliphatic hydroxyl groups excluding tert-OH is 1. The normalized spacial score (nSPS) is 27.1. The Morgan fingerprint density at radius 2 is 1.80 bits per heavy atom. The number of para-hydroxylation sites is 1. The first-order chi connectivity index (χ1) is 22.3. The van der Waals surface area contributed by atoms with Crippen LogP contribution in [0.25, 0.3) is 11.0 Å². The number of aromatic nitrogens is 3. The third-order valence-electron chi connectivity index (χ3n) is 9.59. The van der Waals surface area contributed by atoms with Crippen molar-refractivity contribution < 1.29 is 19.5 Å². The van der Waals surface area contributed by atoms with Gasteiger partial charge in [-0.15, -0.1) is 30.0 Å². The van der Waals surface area contributed by atoms with Crippen LogP contribution in [0.4, 0.5) is 0 Å². The third kappa shape index (κ3) is 5.37. The molecule has 2 bridgehead atoms. The average molecular weight is 708 g/mol. The molecule has 10 nitrogen and oxygen atoms in total. The first-order valence-electron chi connectivity index (χ1n) is 15.7. The van der Waals surface area contributed by atoms with Gasteiger partial charge in [-0.1, -0.05) is 82.7 Å². The first-order valence-corrected chi connectivity index (χ1v) is 17.5. The van der Waals surface area contributed by atoms with Crippen LogP contribution in [0.5, 0.6) is 0 Å². The number of thioether (sulfide) groups is 1. The molecule has 4 heterocycles. The van der Waals surface area contributed by atoms with E-state index in [9.17, 15) is 19.5 Å². The van der Waals surface area contributed by atoms with Crippen molar-refractivity contribution >= 4 is 56.4 Å². The number of halogens is 1. The summed E-state index contributed by atoms with van der Waals surface area (Å²) in [5.74, 6) is -1.96. The van der Waals surface area contributed by atoms with Crippen LogP contribution < -0.4 is 0 Å². The Balaban J connectivity index is 1.39. The summed E-state index contributed by atoms with van der Waals surface area (Å²) in [7, 11) is 0. The summed E-state index contributed by atoms with van der Waals surface area (Å²) in [6, 6.07) is 15.8. The molecule has 7 atom stereocenters. The smallest absolute Gasteiger partial charge is 0.248 e. The Hall–Kier alpha value is -3.48. The Bertz CT molecular complexity index is 1630. The van der Waals surface area contributed by atoms with E-state index in [0.717, 1.165) is 11.1 Å². The lowest BCUT2D eigenvalue weighted by molar-refractivity contribution is -0.147. The van der Waals surface area contributed by atoms with Crippen LogP contribution in [-0.2, 0) is 27.6 Å². The van der Waals surface area contributed by atoms with Crippen molar-refractivity contribution in [2.45, 2.75) is 59.9 Å². The Kier molecular flexibility index (Phi) is 9.40. The van der Waals surface area contributed by atoms with E-state index in [1.54, 1.807) is 43.3 Å². The van der Waals surface area contributed by atoms with Crippen molar-refractivity contribution in [2.75, 3.05) is 19.7 Å². The summed E-state index contributed by atoms with van der Waals surface area (Å²) in [5.41, 5.74) is 2.48. The van der Waals surface area contributed by atoms with Gasteiger partial charge in [0.25, 0.3) is 0 Å². The van der Waals surface area contributed by atoms with E-state index in [0.29, 0.717) is 31.4 Å². The molecule has 1 aromatic heterocycles. The number of benzene rings is 2. The van der Waals surface area contributed by atoms with Crippen LogP contribution in [0.2, 0.25) is 0 Å². The number of amides is 3. The first kappa shape index (κ1) is 32.5. The minimum atomic E-state index is -0.883. The largest absolute Gasteiger partial charge is 0.394 e. The molecule has 6 rings (SSSR count). The summed E-state index contributed by atoms with van der Waals surface area (Å²) in [6.07, 6.45) is 4.38. The van der Waals surface area contributed by atoms with E-state index in [1.165, 1.54) is 0 Å². The number of hydrogen-bond acceptors (Lipinski definition) is 7. The minimum absolute atomic E-state index is 0.0747. The zero-order chi connectivity index (χ0) is 32.6. The maximum atomic E-state index is 14.9. The highest BCUT2D eigenvalue weighted by molar-refractivity contribution is 9.09. The molecule has 2 aromatic carbocycles. The van der Waals surface area contributed by atoms with Gasteiger partial charge in [0.2, 0.25) is 17.7 Å². The molecule has 3 aliphatic rings. The van der Waals surface area contributed by atoms with Gasteiger partial charge in [0.15, 0.2) is 0 Å². The van der Waals surface area contributed by atoms with E-state index in [2.05, 4.69) is 39.4 Å². The van der Waals surface area contributed by atoms with E-state index in [4.69, 9.17) is 0 Å². The lowest BCUT2D eigenvalue weighted by atomic mass is 9.70. The van der Waals surface area contributed by atoms with Gasteiger partial charge in [0.1, 0.15) is 18.2 Å². The van der Waals surface area contributed by atoms with Gasteiger partial charge in [-0.3, -0.25) is 14.4 Å². The molecule has 3 saturated heterocycles. The fourth-order valence-electron chi connectivity index (χ4n) is 7.57. The fraction of sp³-hybridized carbons (Fsp3) is 0.441. The van der Waals surface area contributed by atoms with Crippen molar-refractivity contribution in [1.29, 1.82) is 0 Å². The molecule has 46 heavy (non-hydrogen) atoms. The number of carbonyl (C=O) groups excluding carboxylic acids is 3. The van der Waals surface area contributed by atoms with Gasteiger partial charge in [-0.2, -0.15) is 0 Å². The summed E-state index contributed by atoms with van der Waals surface area (Å²) in [5, 5.41) is 18.9. The molecule has 3 aliphatic heterocycles. The molecule has 3 amide bonds. The van der Waals surface area contributed by atoms with Crippen LogP contribution in [0, 0.1) is 11.8 Å². The molecule has 242 valence electrons.